The van der Waals surface area contributed by atoms with Crippen LogP contribution >= 0.6 is 0 Å². The zero-order valence-corrected chi connectivity index (χ0v) is 13.0. The second kappa shape index (κ2) is 6.94. The number of hydrogen-bond donors (Lipinski definition) is 0. The first-order valence-electron chi connectivity index (χ1n) is 5.70. The van der Waals surface area contributed by atoms with Gasteiger partial charge in [-0.25, -0.2) is 0 Å². The van der Waals surface area contributed by atoms with Crippen LogP contribution in [-0.4, -0.2) is 38.1 Å². The minimum atomic E-state index is -6.28. The van der Waals surface area contributed by atoms with Crippen LogP contribution in [0.1, 0.15) is 0 Å². The van der Waals surface area contributed by atoms with E-state index in [0.717, 1.165) is 0 Å². The molecule has 28 heavy (non-hydrogen) atoms. The predicted molar refractivity (Wildman–Crippen MR) is 75.0 cm³/mol. The van der Waals surface area contributed by atoms with E-state index in [4.69, 9.17) is 0 Å². The lowest BCUT2D eigenvalue weighted by molar-refractivity contribution is -0.711. The smallest absolute Gasteiger partial charge is 0.258 e. The van der Waals surface area contributed by atoms with Crippen LogP contribution in [0.5, 0.6) is 0 Å². The molecule has 0 atom stereocenters. The van der Waals surface area contributed by atoms with Crippen molar-refractivity contribution < 1.29 is 42.4 Å². The molecule has 0 saturated carbocycles. The van der Waals surface area contributed by atoms with E-state index in [9.17, 15) is 69.1 Å². The van der Waals surface area contributed by atoms with Crippen LogP contribution in [-0.2, 0) is 14.4 Å². The first kappa shape index (κ1) is 21.4. The van der Waals surface area contributed by atoms with Crippen LogP contribution in [0, 0.1) is 60.7 Å². The number of rotatable bonds is 8. The zero-order valence-electron chi connectivity index (χ0n) is 12.2. The van der Waals surface area contributed by atoms with Crippen molar-refractivity contribution in [3.8, 4) is 0 Å². The lowest BCUT2D eigenvalue weighted by atomic mass is 10.1. The summed E-state index contributed by atoms with van der Waals surface area (Å²) >= 11 is 0. The van der Waals surface area contributed by atoms with E-state index in [-0.39, 0.29) is 0 Å². The molecule has 0 aliphatic heterocycles. The van der Waals surface area contributed by atoms with Gasteiger partial charge in [-0.05, 0) is 0 Å². The molecule has 0 spiro atoms. The summed E-state index contributed by atoms with van der Waals surface area (Å²) in [6, 6.07) is 0. The fourth-order valence-electron chi connectivity index (χ4n) is 1.88. The Hall–Kier alpha value is -4.63. The molecular weight excluding hydrogens is 428 g/mol. The molecule has 0 aliphatic rings. The third kappa shape index (κ3) is 3.49. The first-order chi connectivity index (χ1) is 12.6. The van der Waals surface area contributed by atoms with Crippen molar-refractivity contribution in [1.82, 2.24) is 0 Å². The summed E-state index contributed by atoms with van der Waals surface area (Å²) in [6.45, 7) is 0. The van der Waals surface area contributed by atoms with Crippen LogP contribution in [0.25, 0.3) is 0 Å². The van der Waals surface area contributed by atoms with Crippen molar-refractivity contribution in [2.75, 3.05) is 0 Å². The van der Waals surface area contributed by atoms with Crippen LogP contribution in [0.2, 0.25) is 0 Å². The summed E-state index contributed by atoms with van der Waals surface area (Å²) < 4.78 is 26.7. The summed E-state index contributed by atoms with van der Waals surface area (Å²) in [5.41, 5.74) is -12.3. The standard InChI is InChI=1S/C6N6O15S/c13-7(14)1-2(8(15)16)4(10(19)20)6(28(25,26)27-12(23)24)5(11(21)22)3(1)9(17)18. The normalized spacial score (nSPS) is 10.7. The number of nitro benzene ring substituents is 5. The van der Waals surface area contributed by atoms with E-state index in [1.54, 1.807) is 0 Å². The molecule has 0 bridgehead atoms. The Morgan fingerprint density at radius 3 is 1.00 bits per heavy atom. The Morgan fingerprint density at radius 1 is 0.536 bits per heavy atom. The molecular formula is C6N6O15S. The highest BCUT2D eigenvalue weighted by Crippen LogP contribution is 2.53. The van der Waals surface area contributed by atoms with Gasteiger partial charge in [-0.15, -0.1) is 10.1 Å². The average Bonchev–Trinajstić information content (AvgIpc) is 2.49. The Bertz CT molecular complexity index is 1020. The number of hydrogen-bond acceptors (Lipinski definition) is 15. The number of nitro groups is 5. The molecule has 22 heteroatoms. The minimum Gasteiger partial charge on any atom is -0.258 e. The molecule has 0 aromatic heterocycles. The molecule has 21 nitrogen and oxygen atoms in total. The molecule has 1 aromatic rings. The first-order valence-corrected chi connectivity index (χ1v) is 7.10. The van der Waals surface area contributed by atoms with Gasteiger partial charge in [0, 0.05) is 0 Å². The zero-order chi connectivity index (χ0) is 22.1. The van der Waals surface area contributed by atoms with Crippen molar-refractivity contribution in [3.63, 3.8) is 0 Å². The van der Waals surface area contributed by atoms with Gasteiger partial charge in [0.2, 0.25) is 0 Å². The molecule has 1 aromatic carbocycles. The van der Waals surface area contributed by atoms with Gasteiger partial charge in [0.25, 0.3) is 4.90 Å². The van der Waals surface area contributed by atoms with Crippen molar-refractivity contribution in [2.45, 2.75) is 4.90 Å². The SMILES string of the molecule is O=[N+]([O-])OS(=O)(=O)c1c([N+](=O)[O-])c([N+](=O)[O-])c([N+](=O)[O-])c([N+](=O)[O-])c1[N+](=O)[O-]. The topological polar surface area (TPSA) is 302 Å². The number of benzene rings is 1. The van der Waals surface area contributed by atoms with Crippen LogP contribution in [0.3, 0.4) is 0 Å². The highest BCUT2D eigenvalue weighted by atomic mass is 32.2. The Kier molecular flexibility index (Phi) is 5.31. The molecule has 0 N–H and O–H groups in total. The summed E-state index contributed by atoms with van der Waals surface area (Å²) in [7, 11) is -6.28. The van der Waals surface area contributed by atoms with E-state index in [2.05, 4.69) is 4.28 Å². The van der Waals surface area contributed by atoms with Gasteiger partial charge in [-0.3, -0.25) is 50.6 Å². The van der Waals surface area contributed by atoms with Crippen molar-refractivity contribution in [3.05, 3.63) is 60.7 Å². The molecule has 0 unspecified atom stereocenters. The molecule has 0 radical (unpaired) electrons. The average molecular weight is 428 g/mol. The molecule has 0 saturated heterocycles. The fourth-order valence-corrected chi connectivity index (χ4v) is 2.93. The van der Waals surface area contributed by atoms with Crippen molar-refractivity contribution in [1.29, 1.82) is 0 Å². The summed E-state index contributed by atoms with van der Waals surface area (Å²) in [6.07, 6.45) is 0. The van der Waals surface area contributed by atoms with Gasteiger partial charge >= 0.3 is 43.6 Å². The van der Waals surface area contributed by atoms with Crippen LogP contribution in [0.4, 0.5) is 28.4 Å². The van der Waals surface area contributed by atoms with Crippen molar-refractivity contribution >= 4 is 38.6 Å². The lowest BCUT2D eigenvalue weighted by Gasteiger charge is -2.06. The maximum absolute atomic E-state index is 11.8. The predicted octanol–water partition coefficient (Wildman–Crippen LogP) is 0.125. The van der Waals surface area contributed by atoms with E-state index < -0.39 is 73.2 Å². The largest absolute Gasteiger partial charge is 0.437 e. The molecule has 0 amide bonds. The Labute approximate surface area is 147 Å². The second-order valence-corrected chi connectivity index (χ2v) is 5.58. The van der Waals surface area contributed by atoms with Gasteiger partial charge < -0.3 is 0 Å². The van der Waals surface area contributed by atoms with Crippen molar-refractivity contribution in [2.24, 2.45) is 0 Å². The summed E-state index contributed by atoms with van der Waals surface area (Å²) in [4.78, 5) is 52.9. The van der Waals surface area contributed by atoms with Gasteiger partial charge in [0.05, 0.1) is 24.6 Å². The van der Waals surface area contributed by atoms with Gasteiger partial charge in [0.15, 0.2) is 0 Å². The third-order valence-electron chi connectivity index (χ3n) is 2.65. The van der Waals surface area contributed by atoms with E-state index in [1.807, 2.05) is 0 Å². The summed E-state index contributed by atoms with van der Waals surface area (Å²) in [5.74, 6) is 0. The summed E-state index contributed by atoms with van der Waals surface area (Å²) in [5, 5.41) is 63.4. The fraction of sp³-hybridized carbons (Fsp3) is 0. The van der Waals surface area contributed by atoms with E-state index in [1.165, 1.54) is 0 Å². The molecule has 0 aliphatic carbocycles. The molecule has 1 rings (SSSR count). The quantitative estimate of drug-likeness (QED) is 0.392. The Morgan fingerprint density at radius 2 is 0.786 bits per heavy atom. The molecule has 150 valence electrons. The van der Waals surface area contributed by atoms with Crippen LogP contribution in [0.15, 0.2) is 4.90 Å². The van der Waals surface area contributed by atoms with Gasteiger partial charge in [-0.1, -0.05) is 0 Å². The third-order valence-corrected chi connectivity index (χ3v) is 3.85. The highest BCUT2D eigenvalue weighted by molar-refractivity contribution is 7.87. The second-order valence-electron chi connectivity index (χ2n) is 4.11. The van der Waals surface area contributed by atoms with Crippen LogP contribution < -0.4 is 0 Å². The minimum absolute atomic E-state index is 1.97. The van der Waals surface area contributed by atoms with Gasteiger partial charge in [0.1, 0.15) is 0 Å². The highest BCUT2D eigenvalue weighted by Gasteiger charge is 2.58. The maximum atomic E-state index is 11.8. The van der Waals surface area contributed by atoms with Gasteiger partial charge in [-0.2, -0.15) is 12.7 Å². The van der Waals surface area contributed by atoms with E-state index in [0.29, 0.717) is 0 Å². The molecule has 0 fully saturated rings. The Balaban J connectivity index is 4.62. The maximum Gasteiger partial charge on any atom is 0.437 e. The molecule has 0 heterocycles. The monoisotopic (exact) mass is 428 g/mol. The number of nitrogens with zero attached hydrogens (tertiary/aromatic N) is 6. The van der Waals surface area contributed by atoms with E-state index >= 15 is 0 Å². The lowest BCUT2D eigenvalue weighted by Crippen LogP contribution is -2.18.